The fraction of sp³-hybridized carbons (Fsp3) is 0.333. The van der Waals surface area contributed by atoms with Crippen LogP contribution in [0, 0.1) is 17.0 Å². The zero-order valence-corrected chi connectivity index (χ0v) is 22.9. The molecule has 1 aromatic heterocycles. The molecule has 0 radical (unpaired) electrons. The highest BCUT2D eigenvalue weighted by Crippen LogP contribution is 2.41. The number of amides is 2. The van der Waals surface area contributed by atoms with E-state index in [-0.39, 0.29) is 23.7 Å². The minimum Gasteiger partial charge on any atom is -0.330 e. The predicted molar refractivity (Wildman–Crippen MR) is 147 cm³/mol. The summed E-state index contributed by atoms with van der Waals surface area (Å²) in [5, 5.41) is 14.4. The quantitative estimate of drug-likeness (QED) is 0.227. The van der Waals surface area contributed by atoms with Crippen LogP contribution in [-0.4, -0.2) is 46.2 Å². The van der Waals surface area contributed by atoms with Crippen LogP contribution in [-0.2, 0) is 11.2 Å². The van der Waals surface area contributed by atoms with E-state index in [1.165, 1.54) is 15.8 Å². The van der Waals surface area contributed by atoms with E-state index in [0.29, 0.717) is 41.5 Å². The summed E-state index contributed by atoms with van der Waals surface area (Å²) < 4.78 is 0. The van der Waals surface area contributed by atoms with Gasteiger partial charge in [0.15, 0.2) is 0 Å². The van der Waals surface area contributed by atoms with Gasteiger partial charge in [-0.3, -0.25) is 19.7 Å². The number of thiophene rings is 1. The number of fused-ring (bicyclic) bond motifs is 1. The Bertz CT molecular complexity index is 1340. The number of hydrogen-bond acceptors (Lipinski definition) is 5. The lowest BCUT2D eigenvalue weighted by Crippen LogP contribution is -2.47. The molecule has 2 aromatic carbocycles. The van der Waals surface area contributed by atoms with Gasteiger partial charge in [0.25, 0.3) is 11.6 Å². The van der Waals surface area contributed by atoms with E-state index in [0.717, 1.165) is 17.5 Å². The van der Waals surface area contributed by atoms with E-state index in [2.05, 4.69) is 0 Å². The average molecular weight is 561 g/mol. The van der Waals surface area contributed by atoms with E-state index in [1.54, 1.807) is 47.4 Å². The highest BCUT2D eigenvalue weighted by Gasteiger charge is 2.35. The molecule has 2 heterocycles. The number of aryl methyl sites for hydroxylation is 1. The molecular formula is C27H27Cl2N3O4S. The minimum atomic E-state index is -0.500. The van der Waals surface area contributed by atoms with Crippen LogP contribution in [0.4, 0.5) is 5.69 Å². The van der Waals surface area contributed by atoms with Crippen LogP contribution in [0.3, 0.4) is 0 Å². The topological polar surface area (TPSA) is 83.8 Å². The lowest BCUT2D eigenvalue weighted by atomic mass is 9.93. The third-order valence-electron chi connectivity index (χ3n) is 6.59. The Morgan fingerprint density at radius 3 is 2.65 bits per heavy atom. The Balaban J connectivity index is 1.65. The monoisotopic (exact) mass is 559 g/mol. The molecule has 4 rings (SSSR count). The Morgan fingerprint density at radius 1 is 1.16 bits per heavy atom. The molecule has 3 aromatic rings. The first-order valence-electron chi connectivity index (χ1n) is 12.1. The van der Waals surface area contributed by atoms with Crippen molar-refractivity contribution in [3.63, 3.8) is 0 Å². The lowest BCUT2D eigenvalue weighted by molar-refractivity contribution is -0.385. The number of carbonyl (C=O) groups excluding carboxylic acids is 2. The largest absolute Gasteiger partial charge is 0.330 e. The minimum absolute atomic E-state index is 0.119. The van der Waals surface area contributed by atoms with Crippen molar-refractivity contribution < 1.29 is 14.5 Å². The highest BCUT2D eigenvalue weighted by molar-refractivity contribution is 7.10. The zero-order valence-electron chi connectivity index (χ0n) is 20.6. The third-order valence-corrected chi connectivity index (χ3v) is 8.15. The number of unbranched alkanes of at least 4 members (excludes halogenated alkanes) is 1. The maximum absolute atomic E-state index is 13.8. The van der Waals surface area contributed by atoms with Crippen molar-refractivity contribution in [2.75, 3.05) is 19.6 Å². The van der Waals surface area contributed by atoms with Crippen LogP contribution >= 0.6 is 34.5 Å². The molecule has 10 heteroatoms. The standard InChI is InChI=1S/C27H27Cl2N3O4S/c1-3-4-11-30(27(34)18-6-5-17(2)23(14-18)32(35)36)16-25(33)31-12-9-24-21(10-13-37-24)26(31)20-8-7-19(28)15-22(20)29/h5-8,10,13-15,26H,3-4,9,11-12,16H2,1-2H3. The number of nitro groups is 1. The maximum Gasteiger partial charge on any atom is 0.273 e. The van der Waals surface area contributed by atoms with Gasteiger partial charge in [-0.2, -0.15) is 0 Å². The molecule has 0 fully saturated rings. The molecule has 0 N–H and O–H groups in total. The molecule has 1 unspecified atom stereocenters. The van der Waals surface area contributed by atoms with Crippen molar-refractivity contribution >= 4 is 52.0 Å². The van der Waals surface area contributed by atoms with E-state index >= 15 is 0 Å². The Morgan fingerprint density at radius 2 is 1.95 bits per heavy atom. The van der Waals surface area contributed by atoms with E-state index < -0.39 is 16.9 Å². The van der Waals surface area contributed by atoms with Crippen LogP contribution in [0.15, 0.2) is 47.8 Å². The normalized spacial score (nSPS) is 14.8. The Kier molecular flexibility index (Phi) is 8.52. The molecule has 7 nitrogen and oxygen atoms in total. The summed E-state index contributed by atoms with van der Waals surface area (Å²) in [6.07, 6.45) is 2.25. The molecule has 1 atom stereocenters. The van der Waals surface area contributed by atoms with Crippen LogP contribution in [0.2, 0.25) is 10.0 Å². The van der Waals surface area contributed by atoms with E-state index in [4.69, 9.17) is 23.2 Å². The number of nitrogens with zero attached hydrogens (tertiary/aromatic N) is 3. The van der Waals surface area contributed by atoms with Crippen molar-refractivity contribution in [3.05, 3.63) is 95.1 Å². The summed E-state index contributed by atoms with van der Waals surface area (Å²) >= 11 is 14.4. The molecule has 37 heavy (non-hydrogen) atoms. The van der Waals surface area contributed by atoms with Crippen LogP contribution in [0.1, 0.15) is 57.7 Å². The van der Waals surface area contributed by atoms with Gasteiger partial charge in [-0.25, -0.2) is 0 Å². The first-order chi connectivity index (χ1) is 17.7. The predicted octanol–water partition coefficient (Wildman–Crippen LogP) is 6.69. The van der Waals surface area contributed by atoms with Crippen molar-refractivity contribution in [1.29, 1.82) is 0 Å². The molecule has 0 saturated carbocycles. The van der Waals surface area contributed by atoms with Crippen molar-refractivity contribution in [3.8, 4) is 0 Å². The fourth-order valence-electron chi connectivity index (χ4n) is 4.62. The van der Waals surface area contributed by atoms with Crippen LogP contribution in [0.25, 0.3) is 0 Å². The van der Waals surface area contributed by atoms with Gasteiger partial charge in [-0.05, 0) is 60.5 Å². The lowest BCUT2D eigenvalue weighted by Gasteiger charge is -2.38. The average Bonchev–Trinajstić information content (AvgIpc) is 3.35. The smallest absolute Gasteiger partial charge is 0.273 e. The second-order valence-corrected chi connectivity index (χ2v) is 10.9. The molecular weight excluding hydrogens is 533 g/mol. The SMILES string of the molecule is CCCCN(CC(=O)N1CCc2sccc2C1c1ccc(Cl)cc1Cl)C(=O)c1ccc(C)c([N+](=O)[O-])c1. The van der Waals surface area contributed by atoms with Crippen LogP contribution < -0.4 is 0 Å². The summed E-state index contributed by atoms with van der Waals surface area (Å²) in [6, 6.07) is 11.3. The number of nitro benzene ring substituents is 1. The highest BCUT2D eigenvalue weighted by atomic mass is 35.5. The second-order valence-electron chi connectivity index (χ2n) is 9.04. The summed E-state index contributed by atoms with van der Waals surface area (Å²) in [5.74, 6) is -0.613. The van der Waals surface area contributed by atoms with Gasteiger partial charge in [0.05, 0.1) is 11.0 Å². The van der Waals surface area contributed by atoms with Gasteiger partial charge in [0.1, 0.15) is 6.54 Å². The Hall–Kier alpha value is -2.94. The fourth-order valence-corrected chi connectivity index (χ4v) is 6.04. The van der Waals surface area contributed by atoms with Crippen molar-refractivity contribution in [1.82, 2.24) is 9.80 Å². The molecule has 0 saturated heterocycles. The number of rotatable bonds is 8. The van der Waals surface area contributed by atoms with Crippen LogP contribution in [0.5, 0.6) is 0 Å². The summed E-state index contributed by atoms with van der Waals surface area (Å²) in [6.45, 7) is 4.35. The second kappa shape index (κ2) is 11.6. The molecule has 194 valence electrons. The zero-order chi connectivity index (χ0) is 26.7. The number of hydrogen-bond donors (Lipinski definition) is 0. The van der Waals surface area contributed by atoms with Crippen molar-refractivity contribution in [2.24, 2.45) is 0 Å². The first-order valence-corrected chi connectivity index (χ1v) is 13.7. The molecule has 1 aliphatic rings. The van der Waals surface area contributed by atoms with Gasteiger partial charge >= 0.3 is 0 Å². The molecule has 1 aliphatic heterocycles. The first kappa shape index (κ1) is 27.1. The molecule has 2 amide bonds. The van der Waals surface area contributed by atoms with Gasteiger partial charge in [0.2, 0.25) is 5.91 Å². The molecule has 0 spiro atoms. The Labute approximate surface area is 229 Å². The number of halogens is 2. The maximum atomic E-state index is 13.8. The van der Waals surface area contributed by atoms with E-state index in [1.807, 2.05) is 24.4 Å². The summed E-state index contributed by atoms with van der Waals surface area (Å²) in [7, 11) is 0. The summed E-state index contributed by atoms with van der Waals surface area (Å²) in [4.78, 5) is 42.6. The molecule has 0 aliphatic carbocycles. The third kappa shape index (κ3) is 5.81. The number of carbonyl (C=O) groups is 2. The van der Waals surface area contributed by atoms with Gasteiger partial charge in [-0.15, -0.1) is 11.3 Å². The van der Waals surface area contributed by atoms with Gasteiger partial charge < -0.3 is 9.80 Å². The molecule has 0 bridgehead atoms. The van der Waals surface area contributed by atoms with E-state index in [9.17, 15) is 19.7 Å². The van der Waals surface area contributed by atoms with Gasteiger partial charge in [-0.1, -0.05) is 48.7 Å². The van der Waals surface area contributed by atoms with Gasteiger partial charge in [0, 0.05) is 45.2 Å². The number of benzene rings is 2. The van der Waals surface area contributed by atoms with Crippen molar-refractivity contribution in [2.45, 2.75) is 39.2 Å². The summed E-state index contributed by atoms with van der Waals surface area (Å²) in [5.41, 5.74) is 2.34.